The molecule has 21 heavy (non-hydrogen) atoms. The van der Waals surface area contributed by atoms with E-state index in [2.05, 4.69) is 15.9 Å². The Hall–Kier alpha value is -1.62. The third-order valence-electron chi connectivity index (χ3n) is 3.27. The molecule has 0 aliphatic carbocycles. The maximum atomic E-state index is 14.1. The predicted molar refractivity (Wildman–Crippen MR) is 81.4 cm³/mol. The van der Waals surface area contributed by atoms with Gasteiger partial charge in [-0.25, -0.2) is 8.78 Å². The predicted octanol–water partition coefficient (Wildman–Crippen LogP) is 4.77. The number of benzene rings is 2. The van der Waals surface area contributed by atoms with Crippen molar-refractivity contribution in [3.63, 3.8) is 0 Å². The Morgan fingerprint density at radius 2 is 1.62 bits per heavy atom. The number of rotatable bonds is 4. The molecule has 0 fully saturated rings. The van der Waals surface area contributed by atoms with E-state index in [1.807, 2.05) is 13.0 Å². The molecule has 0 spiro atoms. The summed E-state index contributed by atoms with van der Waals surface area (Å²) in [6.45, 7) is 1.90. The minimum atomic E-state index is -0.659. The average molecular weight is 357 g/mol. The number of ether oxygens (including phenoxy) is 2. The zero-order chi connectivity index (χ0) is 15.6. The molecule has 5 heteroatoms. The molecule has 0 aliphatic heterocycles. The molecule has 0 saturated carbocycles. The van der Waals surface area contributed by atoms with E-state index in [4.69, 9.17) is 9.47 Å². The van der Waals surface area contributed by atoms with Gasteiger partial charge in [0, 0.05) is 17.7 Å². The van der Waals surface area contributed by atoms with E-state index in [1.54, 1.807) is 19.2 Å². The minimum absolute atomic E-state index is 0.0540. The number of hydrogen-bond acceptors (Lipinski definition) is 2. The van der Waals surface area contributed by atoms with Gasteiger partial charge >= 0.3 is 0 Å². The Bertz CT molecular complexity index is 636. The van der Waals surface area contributed by atoms with E-state index in [9.17, 15) is 8.78 Å². The monoisotopic (exact) mass is 356 g/mol. The highest BCUT2D eigenvalue weighted by atomic mass is 79.9. The molecule has 1 unspecified atom stereocenters. The zero-order valence-electron chi connectivity index (χ0n) is 11.9. The van der Waals surface area contributed by atoms with Crippen LogP contribution in [0.4, 0.5) is 8.78 Å². The van der Waals surface area contributed by atoms with Crippen LogP contribution in [0.1, 0.15) is 21.5 Å². The smallest absolute Gasteiger partial charge is 0.134 e. The van der Waals surface area contributed by atoms with Crippen molar-refractivity contribution < 1.29 is 18.3 Å². The molecule has 2 nitrogen and oxygen atoms in total. The number of alkyl halides is 1. The third-order valence-corrected chi connectivity index (χ3v) is 4.25. The third kappa shape index (κ3) is 3.18. The van der Waals surface area contributed by atoms with Crippen molar-refractivity contribution in [1.29, 1.82) is 0 Å². The average Bonchev–Trinajstić information content (AvgIpc) is 2.46. The summed E-state index contributed by atoms with van der Waals surface area (Å²) in [5.74, 6) is -0.497. The van der Waals surface area contributed by atoms with Crippen LogP contribution in [0.15, 0.2) is 30.3 Å². The molecule has 0 aliphatic rings. The molecule has 1 atom stereocenters. The van der Waals surface area contributed by atoms with Gasteiger partial charge in [0.15, 0.2) is 0 Å². The summed E-state index contributed by atoms with van der Waals surface area (Å²) in [4.78, 5) is -0.613. The van der Waals surface area contributed by atoms with Gasteiger partial charge in [-0.05, 0) is 24.1 Å². The van der Waals surface area contributed by atoms with Crippen LogP contribution in [0.5, 0.6) is 11.5 Å². The second kappa shape index (κ2) is 6.43. The molecule has 2 aromatic rings. The lowest BCUT2D eigenvalue weighted by molar-refractivity contribution is 0.405. The number of halogens is 3. The van der Waals surface area contributed by atoms with Crippen molar-refractivity contribution in [3.8, 4) is 11.5 Å². The Labute approximate surface area is 130 Å². The highest BCUT2D eigenvalue weighted by Gasteiger charge is 2.21. The molecule has 2 rings (SSSR count). The van der Waals surface area contributed by atoms with Crippen LogP contribution in [0.3, 0.4) is 0 Å². The summed E-state index contributed by atoms with van der Waals surface area (Å²) < 4.78 is 38.3. The van der Waals surface area contributed by atoms with Crippen molar-refractivity contribution in [3.05, 3.63) is 58.7 Å². The van der Waals surface area contributed by atoms with Gasteiger partial charge in [0.25, 0.3) is 0 Å². The number of methoxy groups -OCH3 is 2. The van der Waals surface area contributed by atoms with Crippen molar-refractivity contribution in [2.75, 3.05) is 14.2 Å². The fourth-order valence-corrected chi connectivity index (χ4v) is 2.80. The van der Waals surface area contributed by atoms with Crippen LogP contribution in [-0.4, -0.2) is 14.2 Å². The highest BCUT2D eigenvalue weighted by Crippen LogP contribution is 2.37. The van der Waals surface area contributed by atoms with Gasteiger partial charge in [0.05, 0.1) is 19.0 Å². The molecule has 0 N–H and O–H groups in total. The molecule has 0 radical (unpaired) electrons. The Morgan fingerprint density at radius 1 is 1.00 bits per heavy atom. The Morgan fingerprint density at radius 3 is 2.14 bits per heavy atom. The summed E-state index contributed by atoms with van der Waals surface area (Å²) in [6.07, 6.45) is 0. The molecule has 0 amide bonds. The van der Waals surface area contributed by atoms with Crippen molar-refractivity contribution >= 4 is 15.9 Å². The van der Waals surface area contributed by atoms with Crippen LogP contribution in [-0.2, 0) is 0 Å². The normalized spacial score (nSPS) is 12.1. The second-order valence-electron chi connectivity index (χ2n) is 4.60. The maximum absolute atomic E-state index is 14.1. The first-order valence-electron chi connectivity index (χ1n) is 6.29. The van der Waals surface area contributed by atoms with E-state index in [-0.39, 0.29) is 11.3 Å². The van der Waals surface area contributed by atoms with Crippen LogP contribution in [0, 0.1) is 18.6 Å². The van der Waals surface area contributed by atoms with Crippen molar-refractivity contribution in [2.24, 2.45) is 0 Å². The van der Waals surface area contributed by atoms with E-state index >= 15 is 0 Å². The molecular formula is C16H15BrF2O2. The summed E-state index contributed by atoms with van der Waals surface area (Å²) in [5, 5.41) is 0. The summed E-state index contributed by atoms with van der Waals surface area (Å²) in [5.41, 5.74) is 1.61. The van der Waals surface area contributed by atoms with Crippen molar-refractivity contribution in [2.45, 2.75) is 11.8 Å². The standard InChI is InChI=1S/C16H15BrF2O2/c1-9-4-5-10(6-14(9)21-3)16(17)15-12(18)7-11(20-2)8-13(15)19/h4-8,16H,1-3H3. The summed E-state index contributed by atoms with van der Waals surface area (Å²) in [6, 6.07) is 7.75. The minimum Gasteiger partial charge on any atom is -0.497 e. The Kier molecular flexibility index (Phi) is 4.83. The fraction of sp³-hybridized carbons (Fsp3) is 0.250. The zero-order valence-corrected chi connectivity index (χ0v) is 13.5. The maximum Gasteiger partial charge on any atom is 0.134 e. The largest absolute Gasteiger partial charge is 0.497 e. The van der Waals surface area contributed by atoms with Gasteiger partial charge in [-0.3, -0.25) is 0 Å². The van der Waals surface area contributed by atoms with E-state index in [0.29, 0.717) is 11.3 Å². The molecule has 0 bridgehead atoms. The van der Waals surface area contributed by atoms with Gasteiger partial charge in [-0.15, -0.1) is 0 Å². The number of hydrogen-bond donors (Lipinski definition) is 0. The topological polar surface area (TPSA) is 18.5 Å². The molecule has 0 heterocycles. The summed E-state index contributed by atoms with van der Waals surface area (Å²) in [7, 11) is 2.92. The first kappa shape index (κ1) is 15.8. The lowest BCUT2D eigenvalue weighted by Crippen LogP contribution is -2.02. The fourth-order valence-electron chi connectivity index (χ4n) is 2.08. The van der Waals surface area contributed by atoms with Gasteiger partial charge in [0.1, 0.15) is 23.1 Å². The number of aryl methyl sites for hydroxylation is 1. The van der Waals surface area contributed by atoms with Crippen LogP contribution in [0.25, 0.3) is 0 Å². The molecule has 2 aromatic carbocycles. The lowest BCUT2D eigenvalue weighted by Gasteiger charge is -2.15. The Balaban J connectivity index is 2.47. The highest BCUT2D eigenvalue weighted by molar-refractivity contribution is 9.09. The molecule has 112 valence electrons. The van der Waals surface area contributed by atoms with Gasteiger partial charge < -0.3 is 9.47 Å². The van der Waals surface area contributed by atoms with Gasteiger partial charge in [-0.2, -0.15) is 0 Å². The van der Waals surface area contributed by atoms with Gasteiger partial charge in [-0.1, -0.05) is 28.1 Å². The first-order chi connectivity index (χ1) is 9.97. The molecule has 0 aromatic heterocycles. The van der Waals surface area contributed by atoms with E-state index in [0.717, 1.165) is 17.7 Å². The molecular weight excluding hydrogens is 342 g/mol. The first-order valence-corrected chi connectivity index (χ1v) is 7.21. The van der Waals surface area contributed by atoms with Gasteiger partial charge in [0.2, 0.25) is 0 Å². The van der Waals surface area contributed by atoms with Crippen LogP contribution >= 0.6 is 15.9 Å². The quantitative estimate of drug-likeness (QED) is 0.734. The lowest BCUT2D eigenvalue weighted by atomic mass is 10.0. The van der Waals surface area contributed by atoms with Crippen LogP contribution in [0.2, 0.25) is 0 Å². The summed E-state index contributed by atoms with van der Waals surface area (Å²) >= 11 is 3.35. The van der Waals surface area contributed by atoms with E-state index in [1.165, 1.54) is 7.11 Å². The SMILES string of the molecule is COc1cc(F)c(C(Br)c2ccc(C)c(OC)c2)c(F)c1. The second-order valence-corrected chi connectivity index (χ2v) is 5.51. The van der Waals surface area contributed by atoms with Crippen LogP contribution < -0.4 is 9.47 Å². The van der Waals surface area contributed by atoms with Crippen molar-refractivity contribution in [1.82, 2.24) is 0 Å². The van der Waals surface area contributed by atoms with E-state index < -0.39 is 16.5 Å². The molecule has 0 saturated heterocycles.